The van der Waals surface area contributed by atoms with Crippen molar-refractivity contribution in [3.63, 3.8) is 0 Å². The van der Waals surface area contributed by atoms with Crippen LogP contribution in [0.5, 0.6) is 0 Å². The van der Waals surface area contributed by atoms with Crippen LogP contribution in [0.3, 0.4) is 0 Å². The van der Waals surface area contributed by atoms with Gasteiger partial charge in [-0.15, -0.1) is 0 Å². The quantitative estimate of drug-likeness (QED) is 0.632. The van der Waals surface area contributed by atoms with Gasteiger partial charge in [0.25, 0.3) is 5.91 Å². The molecule has 4 rings (SSSR count). The molecule has 0 radical (unpaired) electrons. The van der Waals surface area contributed by atoms with E-state index in [9.17, 15) is 14.4 Å². The van der Waals surface area contributed by atoms with Gasteiger partial charge in [-0.2, -0.15) is 0 Å². The molecule has 1 aromatic heterocycles. The van der Waals surface area contributed by atoms with Crippen molar-refractivity contribution in [2.24, 2.45) is 7.05 Å². The fourth-order valence-electron chi connectivity index (χ4n) is 3.56. The maximum atomic E-state index is 12.6. The summed E-state index contributed by atoms with van der Waals surface area (Å²) in [6.45, 7) is 1.83. The van der Waals surface area contributed by atoms with E-state index >= 15 is 0 Å². The molecule has 3 N–H and O–H groups in total. The first-order valence-electron chi connectivity index (χ1n) is 9.35. The van der Waals surface area contributed by atoms with Crippen LogP contribution in [0.1, 0.15) is 35.6 Å². The van der Waals surface area contributed by atoms with E-state index in [1.165, 1.54) is 0 Å². The molecule has 0 aliphatic carbocycles. The Labute approximate surface area is 167 Å². The summed E-state index contributed by atoms with van der Waals surface area (Å²) < 4.78 is 1.93. The first-order chi connectivity index (χ1) is 13.9. The van der Waals surface area contributed by atoms with Gasteiger partial charge in [0.05, 0.1) is 34.7 Å². The van der Waals surface area contributed by atoms with Crippen molar-refractivity contribution < 1.29 is 14.4 Å². The number of hydrogen-bond donors (Lipinski definition) is 3. The number of carbonyl (C=O) groups is 3. The monoisotopic (exact) mass is 391 g/mol. The van der Waals surface area contributed by atoms with Gasteiger partial charge in [0.15, 0.2) is 0 Å². The smallest absolute Gasteiger partial charge is 0.254 e. The molecule has 0 saturated heterocycles. The van der Waals surface area contributed by atoms with E-state index in [-0.39, 0.29) is 24.3 Å². The second-order valence-corrected chi connectivity index (χ2v) is 7.07. The molecular formula is C21H21N5O3. The summed E-state index contributed by atoms with van der Waals surface area (Å²) in [5, 5.41) is 8.20. The lowest BCUT2D eigenvalue weighted by molar-refractivity contribution is -0.126. The third kappa shape index (κ3) is 3.56. The van der Waals surface area contributed by atoms with Crippen LogP contribution in [-0.2, 0) is 16.6 Å². The molecule has 3 aromatic rings. The third-order valence-electron chi connectivity index (χ3n) is 5.03. The number of hydrogen-bond acceptors (Lipinski definition) is 4. The van der Waals surface area contributed by atoms with E-state index in [1.54, 1.807) is 24.3 Å². The van der Waals surface area contributed by atoms with Gasteiger partial charge in [0.1, 0.15) is 11.9 Å². The highest BCUT2D eigenvalue weighted by Gasteiger charge is 2.30. The van der Waals surface area contributed by atoms with Crippen LogP contribution in [0.15, 0.2) is 48.5 Å². The average molecular weight is 391 g/mol. The lowest BCUT2D eigenvalue weighted by Gasteiger charge is -2.17. The molecule has 8 heteroatoms. The van der Waals surface area contributed by atoms with Gasteiger partial charge in [0, 0.05) is 7.05 Å². The zero-order valence-corrected chi connectivity index (χ0v) is 16.1. The van der Waals surface area contributed by atoms with Crippen molar-refractivity contribution in [3.05, 3.63) is 59.9 Å². The number of imidazole rings is 1. The highest BCUT2D eigenvalue weighted by molar-refractivity contribution is 6.10. The van der Waals surface area contributed by atoms with Crippen LogP contribution >= 0.6 is 0 Å². The maximum Gasteiger partial charge on any atom is 0.254 e. The molecule has 0 spiro atoms. The van der Waals surface area contributed by atoms with Crippen molar-refractivity contribution in [2.75, 3.05) is 5.32 Å². The number of nitrogens with one attached hydrogen (secondary N) is 3. The molecule has 2 heterocycles. The van der Waals surface area contributed by atoms with E-state index in [2.05, 4.69) is 20.9 Å². The predicted octanol–water partition coefficient (Wildman–Crippen LogP) is 1.89. The Bertz CT molecular complexity index is 1120. The summed E-state index contributed by atoms with van der Waals surface area (Å²) in [5.41, 5.74) is 2.62. The Hall–Kier alpha value is -3.68. The highest BCUT2D eigenvalue weighted by atomic mass is 16.2. The number of anilines is 1. The molecule has 2 aromatic carbocycles. The predicted molar refractivity (Wildman–Crippen MR) is 108 cm³/mol. The SMILES string of the molecule is C[C@H](NC(=O)CC1NC(=O)c2ccccc2NC1=O)c1nc2ccccc2n1C. The van der Waals surface area contributed by atoms with Gasteiger partial charge in [-0.25, -0.2) is 4.98 Å². The number of carbonyl (C=O) groups excluding carboxylic acids is 3. The van der Waals surface area contributed by atoms with Crippen molar-refractivity contribution in [1.29, 1.82) is 0 Å². The van der Waals surface area contributed by atoms with Crippen LogP contribution in [0, 0.1) is 0 Å². The zero-order valence-electron chi connectivity index (χ0n) is 16.1. The summed E-state index contributed by atoms with van der Waals surface area (Å²) in [5.74, 6) is -0.453. The Kier molecular flexibility index (Phi) is 4.75. The van der Waals surface area contributed by atoms with Crippen molar-refractivity contribution in [2.45, 2.75) is 25.4 Å². The Balaban J connectivity index is 1.46. The number of aromatic nitrogens is 2. The van der Waals surface area contributed by atoms with Gasteiger partial charge in [-0.05, 0) is 31.2 Å². The second kappa shape index (κ2) is 7.38. The normalized spacial score (nSPS) is 17.1. The third-order valence-corrected chi connectivity index (χ3v) is 5.03. The standard InChI is InChI=1S/C21H21N5O3/c1-12(19-23-15-9-5-6-10-17(15)26(19)2)22-18(27)11-16-21(29)24-14-8-4-3-7-13(14)20(28)25-16/h3-10,12,16H,11H2,1-2H3,(H,22,27)(H,24,29)(H,25,28)/t12-,16?/m0/s1. The van der Waals surface area contributed by atoms with Gasteiger partial charge in [-0.1, -0.05) is 24.3 Å². The highest BCUT2D eigenvalue weighted by Crippen LogP contribution is 2.21. The van der Waals surface area contributed by atoms with Crippen LogP contribution in [-0.4, -0.2) is 33.3 Å². The maximum absolute atomic E-state index is 12.6. The Morgan fingerprint density at radius 2 is 1.90 bits per heavy atom. The van der Waals surface area contributed by atoms with E-state index in [0.29, 0.717) is 17.1 Å². The number of rotatable bonds is 4. The van der Waals surface area contributed by atoms with Crippen molar-refractivity contribution >= 4 is 34.4 Å². The fourth-order valence-corrected chi connectivity index (χ4v) is 3.56. The summed E-state index contributed by atoms with van der Waals surface area (Å²) in [4.78, 5) is 42.0. The molecule has 1 aliphatic heterocycles. The van der Waals surface area contributed by atoms with Crippen molar-refractivity contribution in [1.82, 2.24) is 20.2 Å². The molecule has 0 bridgehead atoms. The van der Waals surface area contributed by atoms with E-state index in [1.807, 2.05) is 42.8 Å². The van der Waals surface area contributed by atoms with Gasteiger partial charge in [-0.3, -0.25) is 14.4 Å². The lowest BCUT2D eigenvalue weighted by atomic mass is 10.1. The molecule has 3 amide bonds. The number of benzene rings is 2. The molecule has 0 saturated carbocycles. The molecule has 8 nitrogen and oxygen atoms in total. The van der Waals surface area contributed by atoms with Crippen molar-refractivity contribution in [3.8, 4) is 0 Å². The molecule has 2 atom stereocenters. The van der Waals surface area contributed by atoms with Crippen LogP contribution < -0.4 is 16.0 Å². The Morgan fingerprint density at radius 1 is 1.17 bits per heavy atom. The minimum atomic E-state index is -0.956. The summed E-state index contributed by atoms with van der Waals surface area (Å²) in [6.07, 6.45) is -0.167. The number of nitrogens with zero attached hydrogens (tertiary/aromatic N) is 2. The Morgan fingerprint density at radius 3 is 2.69 bits per heavy atom. The van der Waals surface area contributed by atoms with E-state index < -0.39 is 11.9 Å². The lowest BCUT2D eigenvalue weighted by Crippen LogP contribution is -2.45. The first kappa shape index (κ1) is 18.7. The number of amides is 3. The van der Waals surface area contributed by atoms with Crippen LogP contribution in [0.4, 0.5) is 5.69 Å². The zero-order chi connectivity index (χ0) is 20.5. The van der Waals surface area contributed by atoms with Gasteiger partial charge in [0.2, 0.25) is 11.8 Å². The summed E-state index contributed by atoms with van der Waals surface area (Å²) >= 11 is 0. The number of aryl methyl sites for hydroxylation is 1. The van der Waals surface area contributed by atoms with Crippen LogP contribution in [0.2, 0.25) is 0 Å². The minimum absolute atomic E-state index is 0.167. The number of para-hydroxylation sites is 3. The first-order valence-corrected chi connectivity index (χ1v) is 9.35. The number of fused-ring (bicyclic) bond motifs is 2. The molecule has 29 heavy (non-hydrogen) atoms. The fraction of sp³-hybridized carbons (Fsp3) is 0.238. The molecule has 0 fully saturated rings. The molecule has 1 unspecified atom stereocenters. The van der Waals surface area contributed by atoms with E-state index in [0.717, 1.165) is 11.0 Å². The minimum Gasteiger partial charge on any atom is -0.346 e. The summed E-state index contributed by atoms with van der Waals surface area (Å²) in [7, 11) is 1.89. The van der Waals surface area contributed by atoms with Gasteiger partial charge >= 0.3 is 0 Å². The largest absolute Gasteiger partial charge is 0.346 e. The van der Waals surface area contributed by atoms with Gasteiger partial charge < -0.3 is 20.5 Å². The average Bonchev–Trinajstić information content (AvgIpc) is 2.98. The summed E-state index contributed by atoms with van der Waals surface area (Å²) in [6, 6.07) is 13.1. The molecule has 148 valence electrons. The molecular weight excluding hydrogens is 370 g/mol. The van der Waals surface area contributed by atoms with E-state index in [4.69, 9.17) is 0 Å². The molecule has 1 aliphatic rings. The topological polar surface area (TPSA) is 105 Å². The second-order valence-electron chi connectivity index (χ2n) is 7.07. The van der Waals surface area contributed by atoms with Crippen LogP contribution in [0.25, 0.3) is 11.0 Å².